The van der Waals surface area contributed by atoms with Crippen LogP contribution < -0.4 is 5.32 Å². The number of allylic oxidation sites excluding steroid dienone is 1. The third-order valence-electron chi connectivity index (χ3n) is 4.27. The van der Waals surface area contributed by atoms with Gasteiger partial charge < -0.3 is 30.6 Å². The molecule has 12 heteroatoms. The molecule has 0 radical (unpaired) electrons. The molecule has 5 N–H and O–H groups in total. The molecule has 2 amide bonds. The predicted molar refractivity (Wildman–Crippen MR) is 126 cm³/mol. The van der Waals surface area contributed by atoms with Crippen LogP contribution in [0.1, 0.15) is 13.3 Å². The van der Waals surface area contributed by atoms with E-state index in [1.165, 1.54) is 11.8 Å². The first kappa shape index (κ1) is 26.0. The van der Waals surface area contributed by atoms with Gasteiger partial charge in [0.1, 0.15) is 12.0 Å². The van der Waals surface area contributed by atoms with Crippen LogP contribution in [0.5, 0.6) is 0 Å². The Morgan fingerprint density at radius 1 is 1.18 bits per heavy atom. The molecule has 1 aliphatic rings. The maximum Gasteiger partial charge on any atom is 0.316 e. The number of carbonyl (C=O) groups is 3. The van der Waals surface area contributed by atoms with Crippen molar-refractivity contribution < 1.29 is 34.8 Å². The molecule has 158 valence electrons. The number of carbonyl (C=O) groups excluding carboxylic acids is 2. The molecule has 28 heavy (non-hydrogen) atoms. The number of carboxylic acids is 1. The van der Waals surface area contributed by atoms with Crippen LogP contribution in [0.3, 0.4) is 0 Å². The third kappa shape index (κ3) is 5.16. The minimum atomic E-state index is -1.53. The normalized spacial score (nSPS) is 22.3. The number of nitrogens with zero attached hydrogens (tertiary/aromatic N) is 1. The number of amides is 2. The lowest BCUT2D eigenvalue weighted by Crippen LogP contribution is -2.50. The Morgan fingerprint density at radius 2 is 1.79 bits per heavy atom. The van der Waals surface area contributed by atoms with Crippen LogP contribution in [0.2, 0.25) is 0 Å². The summed E-state index contributed by atoms with van der Waals surface area (Å²) in [5.74, 6) is -2.16. The summed E-state index contributed by atoms with van der Waals surface area (Å²) in [7, 11) is 0. The quantitative estimate of drug-likeness (QED) is 0.172. The average Bonchev–Trinajstić information content (AvgIpc) is 2.63. The van der Waals surface area contributed by atoms with E-state index in [1.54, 1.807) is 0 Å². The summed E-state index contributed by atoms with van der Waals surface area (Å²) < 4.78 is 0.241. The lowest BCUT2D eigenvalue weighted by atomic mass is 9.75. The lowest BCUT2D eigenvalue weighted by Gasteiger charge is -2.43. The summed E-state index contributed by atoms with van der Waals surface area (Å²) in [6.45, 7) is -0.341. The zero-order valence-corrected chi connectivity index (χ0v) is 21.4. The Kier molecular flexibility index (Phi) is 10.6. The van der Waals surface area contributed by atoms with Gasteiger partial charge in [-0.15, -0.1) is 0 Å². The number of aliphatic carboxylic acids is 1. The van der Waals surface area contributed by atoms with E-state index in [4.69, 9.17) is 0 Å². The lowest BCUT2D eigenvalue weighted by molar-refractivity contribution is -0.147. The number of alkyl halides is 1. The van der Waals surface area contributed by atoms with E-state index in [9.17, 15) is 34.8 Å². The number of hydrogen-bond donors (Lipinski definition) is 5. The number of halogens is 3. The largest absolute Gasteiger partial charge is 0.481 e. The summed E-state index contributed by atoms with van der Waals surface area (Å²) in [5, 5.41) is 41.1. The molecular weight excluding hydrogens is 713 g/mol. The molecule has 0 saturated heterocycles. The van der Waals surface area contributed by atoms with Gasteiger partial charge >= 0.3 is 5.97 Å². The van der Waals surface area contributed by atoms with Gasteiger partial charge in [-0.3, -0.25) is 14.4 Å². The fourth-order valence-corrected chi connectivity index (χ4v) is 8.47. The van der Waals surface area contributed by atoms with Crippen molar-refractivity contribution in [3.05, 3.63) is 18.4 Å². The van der Waals surface area contributed by atoms with Crippen LogP contribution in [-0.2, 0) is 14.4 Å². The third-order valence-corrected chi connectivity index (χ3v) is 8.74. The van der Waals surface area contributed by atoms with E-state index >= 15 is 0 Å². The van der Waals surface area contributed by atoms with E-state index in [2.05, 4.69) is 5.32 Å². The Labute approximate surface area is 203 Å². The van der Waals surface area contributed by atoms with Gasteiger partial charge in [0.2, 0.25) is 5.91 Å². The predicted octanol–water partition coefficient (Wildman–Crippen LogP) is 0.542. The van der Waals surface area contributed by atoms with Crippen molar-refractivity contribution in [2.75, 3.05) is 32.9 Å². The fraction of sp³-hybridized carbons (Fsp3) is 0.562. The maximum atomic E-state index is 12.4. The minimum Gasteiger partial charge on any atom is -0.481 e. The van der Waals surface area contributed by atoms with Crippen molar-refractivity contribution in [1.29, 1.82) is 0 Å². The van der Waals surface area contributed by atoms with Crippen LogP contribution in [0.25, 0.3) is 0 Å². The minimum absolute atomic E-state index is 0.0411. The topological polar surface area (TPSA) is 147 Å². The Hall–Kier alpha value is -0.0400. The van der Waals surface area contributed by atoms with Crippen molar-refractivity contribution in [3.63, 3.8) is 0 Å². The van der Waals surface area contributed by atoms with Gasteiger partial charge in [0.15, 0.2) is 0 Å². The summed E-state index contributed by atoms with van der Waals surface area (Å²) in [6.07, 6.45) is -0.106. The van der Waals surface area contributed by atoms with E-state index in [1.807, 2.05) is 67.8 Å². The first-order valence-corrected chi connectivity index (χ1v) is 11.5. The smallest absolute Gasteiger partial charge is 0.316 e. The van der Waals surface area contributed by atoms with Crippen molar-refractivity contribution in [2.45, 2.75) is 17.3 Å². The second-order valence-corrected chi connectivity index (χ2v) is 9.34. The molecule has 0 saturated carbocycles. The molecule has 0 aromatic heterocycles. The number of hydrogen-bond acceptors (Lipinski definition) is 6. The standard InChI is InChI=1S/C16H21I3N2O7/c1-8(25)20-6-9-11(17)12(21(3-5-23)10(26)7-24)14(19)16(2-4-22,13(9)18)15(27)28/h14,22-24H,2-7H2,1H3,(H,20,25)(H,27,28). The molecule has 0 bridgehead atoms. The Morgan fingerprint density at radius 3 is 2.21 bits per heavy atom. The number of nitrogens with one attached hydrogen (secondary N) is 1. The molecule has 2 unspecified atom stereocenters. The highest BCUT2D eigenvalue weighted by Gasteiger charge is 2.54. The highest BCUT2D eigenvalue weighted by Crippen LogP contribution is 2.54. The van der Waals surface area contributed by atoms with Crippen molar-refractivity contribution in [2.24, 2.45) is 5.41 Å². The van der Waals surface area contributed by atoms with Crippen LogP contribution >= 0.6 is 67.8 Å². The molecule has 0 heterocycles. The Bertz CT molecular complexity index is 710. The highest BCUT2D eigenvalue weighted by molar-refractivity contribution is 14.1. The van der Waals surface area contributed by atoms with Gasteiger partial charge in [-0.1, -0.05) is 22.6 Å². The van der Waals surface area contributed by atoms with Gasteiger partial charge in [-0.2, -0.15) is 0 Å². The summed E-state index contributed by atoms with van der Waals surface area (Å²) in [4.78, 5) is 37.3. The molecule has 1 rings (SSSR count). The first-order valence-electron chi connectivity index (χ1n) is 8.14. The van der Waals surface area contributed by atoms with E-state index < -0.39 is 34.4 Å². The second-order valence-electron chi connectivity index (χ2n) is 5.94. The zero-order chi connectivity index (χ0) is 21.6. The summed E-state index contributed by atoms with van der Waals surface area (Å²) in [5.41, 5.74) is -0.688. The van der Waals surface area contributed by atoms with E-state index in [0.717, 1.165) is 0 Å². The van der Waals surface area contributed by atoms with Crippen LogP contribution in [0, 0.1) is 5.41 Å². The maximum absolute atomic E-state index is 12.4. The summed E-state index contributed by atoms with van der Waals surface area (Å²) in [6, 6.07) is 0. The van der Waals surface area contributed by atoms with Gasteiger partial charge in [0, 0.05) is 39.5 Å². The SMILES string of the molecule is CC(=O)NCC1=C(I)C(CCO)(C(=O)O)C(I)C(N(CCO)C(=O)CO)=C1I. The summed E-state index contributed by atoms with van der Waals surface area (Å²) >= 11 is 5.82. The fourth-order valence-electron chi connectivity index (χ4n) is 2.89. The van der Waals surface area contributed by atoms with E-state index in [0.29, 0.717) is 18.4 Å². The second kappa shape index (κ2) is 11.4. The van der Waals surface area contributed by atoms with Crippen molar-refractivity contribution in [1.82, 2.24) is 10.2 Å². The number of rotatable bonds is 9. The van der Waals surface area contributed by atoms with Crippen molar-refractivity contribution in [3.8, 4) is 0 Å². The van der Waals surface area contributed by atoms with Crippen molar-refractivity contribution >= 4 is 85.6 Å². The van der Waals surface area contributed by atoms with Crippen LogP contribution in [0.15, 0.2) is 18.4 Å². The monoisotopic (exact) mass is 734 g/mol. The van der Waals surface area contributed by atoms with Gasteiger partial charge in [-0.05, 0) is 57.2 Å². The van der Waals surface area contributed by atoms with Crippen LogP contribution in [-0.4, -0.2) is 79.9 Å². The molecule has 0 aromatic rings. The molecular formula is C16H21I3N2O7. The number of aliphatic hydroxyl groups excluding tert-OH is 3. The molecule has 0 fully saturated rings. The molecule has 0 aromatic carbocycles. The zero-order valence-electron chi connectivity index (χ0n) is 14.9. The van der Waals surface area contributed by atoms with E-state index in [-0.39, 0.29) is 32.0 Å². The van der Waals surface area contributed by atoms with Gasteiger partial charge in [0.05, 0.1) is 10.5 Å². The molecule has 0 spiro atoms. The molecule has 1 aliphatic carbocycles. The average molecular weight is 734 g/mol. The number of carboxylic acid groups (broad SMARTS) is 1. The number of aliphatic hydroxyl groups is 3. The Balaban J connectivity index is 3.77. The highest BCUT2D eigenvalue weighted by atomic mass is 127. The molecule has 2 atom stereocenters. The van der Waals surface area contributed by atoms with Crippen LogP contribution in [0.4, 0.5) is 0 Å². The van der Waals surface area contributed by atoms with Gasteiger partial charge in [0.25, 0.3) is 5.91 Å². The first-order chi connectivity index (χ1) is 13.1. The van der Waals surface area contributed by atoms with Gasteiger partial charge in [-0.25, -0.2) is 0 Å². The molecule has 9 nitrogen and oxygen atoms in total. The molecule has 0 aliphatic heterocycles.